The van der Waals surface area contributed by atoms with Crippen molar-refractivity contribution < 1.29 is 26.4 Å². The van der Waals surface area contributed by atoms with E-state index in [1.807, 2.05) is 0 Å². The lowest BCUT2D eigenvalue weighted by atomic mass is 10.1. The van der Waals surface area contributed by atoms with Crippen molar-refractivity contribution in [2.24, 2.45) is 0 Å². The van der Waals surface area contributed by atoms with Gasteiger partial charge in [0, 0.05) is 25.7 Å². The van der Waals surface area contributed by atoms with Crippen LogP contribution in [0.15, 0.2) is 41.3 Å². The van der Waals surface area contributed by atoms with Gasteiger partial charge >= 0.3 is 0 Å². The van der Waals surface area contributed by atoms with Crippen LogP contribution in [-0.2, 0) is 10.0 Å². The van der Waals surface area contributed by atoms with Crippen molar-refractivity contribution in [3.8, 4) is 0 Å². The molecule has 2 aromatic rings. The molecule has 0 spiro atoms. The van der Waals surface area contributed by atoms with E-state index < -0.39 is 44.3 Å². The van der Waals surface area contributed by atoms with Crippen molar-refractivity contribution in [3.05, 3.63) is 65.0 Å². The van der Waals surface area contributed by atoms with E-state index in [1.54, 1.807) is 20.8 Å². The molecule has 158 valence electrons. The number of hydrogen-bond donors (Lipinski definition) is 0. The Labute approximate surface area is 168 Å². The Morgan fingerprint density at radius 1 is 0.966 bits per heavy atom. The lowest BCUT2D eigenvalue weighted by molar-refractivity contribution is 0.0742. The van der Waals surface area contributed by atoms with Crippen molar-refractivity contribution in [2.45, 2.75) is 31.7 Å². The molecule has 0 heterocycles. The maximum atomic E-state index is 14.3. The summed E-state index contributed by atoms with van der Waals surface area (Å²) in [5.41, 5.74) is 0.326. The molecule has 0 aromatic heterocycles. The number of hydrogen-bond acceptors (Lipinski definition) is 3. The molecule has 0 fully saturated rings. The number of sulfonamides is 1. The van der Waals surface area contributed by atoms with E-state index in [2.05, 4.69) is 0 Å². The highest BCUT2D eigenvalue weighted by Gasteiger charge is 2.28. The quantitative estimate of drug-likeness (QED) is 0.671. The van der Waals surface area contributed by atoms with E-state index in [0.29, 0.717) is 5.56 Å². The fraction of sp³-hybridized carbons (Fsp3) is 0.350. The summed E-state index contributed by atoms with van der Waals surface area (Å²) in [6, 6.07) is 5.79. The van der Waals surface area contributed by atoms with Gasteiger partial charge in [0.2, 0.25) is 10.0 Å². The molecule has 1 atom stereocenters. The zero-order chi connectivity index (χ0) is 21.9. The molecule has 1 amide bonds. The largest absolute Gasteiger partial charge is 0.335 e. The fourth-order valence-electron chi connectivity index (χ4n) is 2.91. The third-order valence-electron chi connectivity index (χ3n) is 4.83. The monoisotopic (exact) mass is 428 g/mol. The van der Waals surface area contributed by atoms with E-state index in [4.69, 9.17) is 0 Å². The van der Waals surface area contributed by atoms with Gasteiger partial charge in [-0.1, -0.05) is 19.9 Å². The van der Waals surface area contributed by atoms with Crippen molar-refractivity contribution >= 4 is 15.9 Å². The van der Waals surface area contributed by atoms with Crippen LogP contribution in [0.1, 0.15) is 42.7 Å². The summed E-state index contributed by atoms with van der Waals surface area (Å²) in [5, 5.41) is 0. The molecule has 0 bridgehead atoms. The minimum atomic E-state index is -4.10. The summed E-state index contributed by atoms with van der Waals surface area (Å²) >= 11 is 0. The van der Waals surface area contributed by atoms with Gasteiger partial charge in [-0.05, 0) is 42.8 Å². The maximum absolute atomic E-state index is 14.3. The SMILES string of the molecule is CCN(CC)S(=O)(=O)c1cc(C(=O)N(C)C(C)c2ccc(F)c(F)c2)ccc1F. The predicted molar refractivity (Wildman–Crippen MR) is 103 cm³/mol. The molecule has 0 saturated carbocycles. The Morgan fingerprint density at radius 3 is 2.10 bits per heavy atom. The summed E-state index contributed by atoms with van der Waals surface area (Å²) in [7, 11) is -2.66. The number of rotatable bonds is 7. The minimum absolute atomic E-state index is 0.0333. The molecule has 2 rings (SSSR count). The highest BCUT2D eigenvalue weighted by molar-refractivity contribution is 7.89. The Morgan fingerprint density at radius 2 is 1.55 bits per heavy atom. The summed E-state index contributed by atoms with van der Waals surface area (Å²) in [4.78, 5) is 13.5. The summed E-state index contributed by atoms with van der Waals surface area (Å²) in [5.74, 6) is -3.58. The molecule has 1 unspecified atom stereocenters. The Balaban J connectivity index is 2.39. The van der Waals surface area contributed by atoms with Gasteiger partial charge in [-0.2, -0.15) is 4.31 Å². The highest BCUT2D eigenvalue weighted by Crippen LogP contribution is 2.25. The molecule has 0 N–H and O–H groups in total. The zero-order valence-electron chi connectivity index (χ0n) is 16.6. The lowest BCUT2D eigenvalue weighted by Gasteiger charge is -2.26. The Bertz CT molecular complexity index is 1010. The van der Waals surface area contributed by atoms with Crippen molar-refractivity contribution in [3.63, 3.8) is 0 Å². The van der Waals surface area contributed by atoms with E-state index in [9.17, 15) is 26.4 Å². The van der Waals surface area contributed by atoms with Crippen LogP contribution in [0.25, 0.3) is 0 Å². The molecule has 0 saturated heterocycles. The van der Waals surface area contributed by atoms with Crippen molar-refractivity contribution in [2.75, 3.05) is 20.1 Å². The molecule has 2 aromatic carbocycles. The van der Waals surface area contributed by atoms with Crippen LogP contribution in [0.2, 0.25) is 0 Å². The normalized spacial score (nSPS) is 12.8. The number of amides is 1. The number of carbonyl (C=O) groups excluding carboxylic acids is 1. The van der Waals surface area contributed by atoms with E-state index in [0.717, 1.165) is 28.6 Å². The predicted octanol–water partition coefficient (Wildman–Crippen LogP) is 3.97. The third-order valence-corrected chi connectivity index (χ3v) is 6.89. The second kappa shape index (κ2) is 8.96. The zero-order valence-corrected chi connectivity index (χ0v) is 17.4. The van der Waals surface area contributed by atoms with Gasteiger partial charge in [0.25, 0.3) is 5.91 Å². The van der Waals surface area contributed by atoms with Crippen LogP contribution in [0.5, 0.6) is 0 Å². The minimum Gasteiger partial charge on any atom is -0.335 e. The molecule has 0 aliphatic heterocycles. The summed E-state index contributed by atoms with van der Waals surface area (Å²) in [6.45, 7) is 5.19. The highest BCUT2D eigenvalue weighted by atomic mass is 32.2. The van der Waals surface area contributed by atoms with Crippen LogP contribution in [0.3, 0.4) is 0 Å². The number of nitrogens with zero attached hydrogens (tertiary/aromatic N) is 2. The van der Waals surface area contributed by atoms with Crippen molar-refractivity contribution in [1.29, 1.82) is 0 Å². The molecule has 5 nitrogen and oxygen atoms in total. The number of halogens is 3. The van der Waals surface area contributed by atoms with Gasteiger partial charge in [-0.25, -0.2) is 21.6 Å². The molecule has 0 radical (unpaired) electrons. The maximum Gasteiger partial charge on any atom is 0.254 e. The van der Waals surface area contributed by atoms with Gasteiger partial charge in [-0.3, -0.25) is 4.79 Å². The third kappa shape index (κ3) is 4.62. The second-order valence-electron chi connectivity index (χ2n) is 6.50. The van der Waals surface area contributed by atoms with Crippen LogP contribution in [0.4, 0.5) is 13.2 Å². The van der Waals surface area contributed by atoms with Crippen LogP contribution < -0.4 is 0 Å². The Kier molecular flexibility index (Phi) is 7.07. The van der Waals surface area contributed by atoms with E-state index >= 15 is 0 Å². The van der Waals surface area contributed by atoms with Gasteiger partial charge < -0.3 is 4.90 Å². The lowest BCUT2D eigenvalue weighted by Crippen LogP contribution is -2.32. The fourth-order valence-corrected chi connectivity index (χ4v) is 4.46. The second-order valence-corrected chi connectivity index (χ2v) is 8.41. The first-order valence-corrected chi connectivity index (χ1v) is 10.5. The van der Waals surface area contributed by atoms with Crippen LogP contribution in [0, 0.1) is 17.5 Å². The molecule has 0 aliphatic rings. The standard InChI is InChI=1S/C20H23F3N2O3S/c1-5-25(6-2)29(27,28)19-12-15(8-10-17(19)22)20(26)24(4)13(3)14-7-9-16(21)18(23)11-14/h7-13H,5-6H2,1-4H3. The van der Waals surface area contributed by atoms with Crippen LogP contribution >= 0.6 is 0 Å². The van der Waals surface area contributed by atoms with Gasteiger partial charge in [0.1, 0.15) is 10.7 Å². The summed E-state index contributed by atoms with van der Waals surface area (Å²) < 4.78 is 67.3. The first kappa shape index (κ1) is 22.9. The molecule has 29 heavy (non-hydrogen) atoms. The molecular weight excluding hydrogens is 405 g/mol. The topological polar surface area (TPSA) is 57.7 Å². The molecule has 9 heteroatoms. The molecular formula is C20H23F3N2O3S. The first-order chi connectivity index (χ1) is 13.5. The number of benzene rings is 2. The average Bonchev–Trinajstić information content (AvgIpc) is 2.69. The van der Waals surface area contributed by atoms with Gasteiger partial charge in [-0.15, -0.1) is 0 Å². The average molecular weight is 428 g/mol. The van der Waals surface area contributed by atoms with Crippen molar-refractivity contribution in [1.82, 2.24) is 9.21 Å². The van der Waals surface area contributed by atoms with Gasteiger partial charge in [0.15, 0.2) is 11.6 Å². The number of carbonyl (C=O) groups is 1. The summed E-state index contributed by atoms with van der Waals surface area (Å²) in [6.07, 6.45) is 0. The van der Waals surface area contributed by atoms with E-state index in [1.165, 1.54) is 24.1 Å². The first-order valence-electron chi connectivity index (χ1n) is 9.06. The van der Waals surface area contributed by atoms with E-state index in [-0.39, 0.29) is 18.7 Å². The smallest absolute Gasteiger partial charge is 0.254 e. The van der Waals surface area contributed by atoms with Gasteiger partial charge in [0.05, 0.1) is 6.04 Å². The van der Waals surface area contributed by atoms with Crippen LogP contribution in [-0.4, -0.2) is 43.7 Å². The molecule has 0 aliphatic carbocycles. The Hall–Kier alpha value is -2.39.